The lowest BCUT2D eigenvalue weighted by atomic mass is 9.84. The molecule has 8 nitrogen and oxygen atoms in total. The lowest BCUT2D eigenvalue weighted by Crippen LogP contribution is -2.19. The molecule has 2 aliphatic rings. The number of fused-ring (bicyclic) bond motifs is 2. The normalized spacial score (nSPS) is 16.8. The fourth-order valence-corrected chi connectivity index (χ4v) is 4.73. The number of carbonyl (C=O) groups is 1. The topological polar surface area (TPSA) is 91.4 Å². The molecule has 1 unspecified atom stereocenters. The summed E-state index contributed by atoms with van der Waals surface area (Å²) in [6.07, 6.45) is 5.12. The third-order valence-corrected chi connectivity index (χ3v) is 6.44. The molecule has 1 aliphatic heterocycles. The quantitative estimate of drug-likeness (QED) is 0.615. The summed E-state index contributed by atoms with van der Waals surface area (Å²) in [4.78, 5) is 13.1. The van der Waals surface area contributed by atoms with Crippen LogP contribution < -0.4 is 14.8 Å². The molecule has 8 heteroatoms. The summed E-state index contributed by atoms with van der Waals surface area (Å²) in [5, 5.41) is 11.8. The van der Waals surface area contributed by atoms with E-state index in [0.29, 0.717) is 23.8 Å². The smallest absolute Gasteiger partial charge is 0.278 e. The van der Waals surface area contributed by atoms with Gasteiger partial charge in [-0.1, -0.05) is 31.0 Å². The van der Waals surface area contributed by atoms with E-state index in [9.17, 15) is 4.79 Å². The van der Waals surface area contributed by atoms with Crippen molar-refractivity contribution in [3.8, 4) is 11.5 Å². The predicted octanol–water partition coefficient (Wildman–Crippen LogP) is 4.42. The maximum absolute atomic E-state index is 13.1. The largest absolute Gasteiger partial charge is 0.454 e. The van der Waals surface area contributed by atoms with E-state index in [1.165, 1.54) is 0 Å². The van der Waals surface area contributed by atoms with Gasteiger partial charge in [-0.15, -0.1) is 0 Å². The van der Waals surface area contributed by atoms with Crippen LogP contribution in [-0.2, 0) is 19.4 Å². The van der Waals surface area contributed by atoms with E-state index in [1.54, 1.807) is 0 Å². The van der Waals surface area contributed by atoms with Crippen LogP contribution in [0, 0.1) is 19.8 Å². The average Bonchev–Trinajstić information content (AvgIpc) is 3.48. The molecule has 3 aromatic rings. The van der Waals surface area contributed by atoms with Gasteiger partial charge in [0, 0.05) is 12.0 Å². The second-order valence-electron chi connectivity index (χ2n) is 8.68. The van der Waals surface area contributed by atoms with Gasteiger partial charge in [0.1, 0.15) is 5.76 Å². The van der Waals surface area contributed by atoms with E-state index in [2.05, 4.69) is 22.5 Å². The van der Waals surface area contributed by atoms with Gasteiger partial charge in [-0.25, -0.2) is 0 Å². The summed E-state index contributed by atoms with van der Waals surface area (Å²) in [6.45, 7) is 6.87. The molecule has 0 spiro atoms. The Morgan fingerprint density at radius 1 is 1.25 bits per heavy atom. The molecule has 0 fully saturated rings. The minimum Gasteiger partial charge on any atom is -0.454 e. The number of hydrogen-bond donors (Lipinski definition) is 1. The number of carbonyl (C=O) groups excluding carboxylic acids is 1. The van der Waals surface area contributed by atoms with Crippen molar-refractivity contribution in [2.75, 3.05) is 12.1 Å². The molecule has 168 valence electrons. The number of amides is 1. The van der Waals surface area contributed by atoms with Crippen LogP contribution in [0.15, 0.2) is 22.7 Å². The summed E-state index contributed by atoms with van der Waals surface area (Å²) >= 11 is 0. The zero-order valence-corrected chi connectivity index (χ0v) is 18.7. The second-order valence-corrected chi connectivity index (χ2v) is 8.68. The number of anilines is 1. The summed E-state index contributed by atoms with van der Waals surface area (Å²) < 4.78 is 18.2. The summed E-state index contributed by atoms with van der Waals surface area (Å²) in [7, 11) is 0. The Bertz CT molecular complexity index is 1160. The molecule has 1 amide bonds. The highest BCUT2D eigenvalue weighted by atomic mass is 16.7. The Morgan fingerprint density at radius 2 is 2.09 bits per heavy atom. The van der Waals surface area contributed by atoms with Crippen molar-refractivity contribution in [1.29, 1.82) is 0 Å². The lowest BCUT2D eigenvalue weighted by Gasteiger charge is -2.20. The number of benzene rings is 1. The van der Waals surface area contributed by atoms with Crippen LogP contribution in [0.1, 0.15) is 64.9 Å². The maximum Gasteiger partial charge on any atom is 0.278 e. The zero-order chi connectivity index (χ0) is 22.2. The molecule has 0 radical (unpaired) electrons. The third-order valence-electron chi connectivity index (χ3n) is 6.44. The van der Waals surface area contributed by atoms with Gasteiger partial charge in [-0.3, -0.25) is 9.48 Å². The van der Waals surface area contributed by atoms with Crippen LogP contribution in [0.3, 0.4) is 0 Å². The minimum absolute atomic E-state index is 0.235. The first-order valence-electron chi connectivity index (χ1n) is 11.2. The molecule has 2 aromatic heterocycles. The summed E-state index contributed by atoms with van der Waals surface area (Å²) in [5.41, 5.74) is 4.78. The van der Waals surface area contributed by atoms with Gasteiger partial charge in [0.15, 0.2) is 17.2 Å². The number of aromatic nitrogens is 3. The van der Waals surface area contributed by atoms with Gasteiger partial charge in [0.25, 0.3) is 5.91 Å². The number of nitrogens with one attached hydrogen (secondary N) is 1. The predicted molar refractivity (Wildman–Crippen MR) is 118 cm³/mol. The fourth-order valence-electron chi connectivity index (χ4n) is 4.73. The Balaban J connectivity index is 1.34. The van der Waals surface area contributed by atoms with Gasteiger partial charge in [0.2, 0.25) is 6.79 Å². The highest BCUT2D eigenvalue weighted by Gasteiger charge is 2.29. The molecule has 5 rings (SSSR count). The molecule has 0 bridgehead atoms. The van der Waals surface area contributed by atoms with E-state index in [0.717, 1.165) is 71.9 Å². The first-order chi connectivity index (χ1) is 15.5. The lowest BCUT2D eigenvalue weighted by molar-refractivity contribution is 0.101. The van der Waals surface area contributed by atoms with Gasteiger partial charge in [-0.05, 0) is 50.3 Å². The van der Waals surface area contributed by atoms with Gasteiger partial charge < -0.3 is 19.3 Å². The average molecular weight is 437 g/mol. The fraction of sp³-hybridized carbons (Fsp3) is 0.458. The van der Waals surface area contributed by atoms with Crippen molar-refractivity contribution in [2.24, 2.45) is 5.92 Å². The van der Waals surface area contributed by atoms with Crippen LogP contribution in [-0.4, -0.2) is 27.6 Å². The van der Waals surface area contributed by atoms with E-state index in [4.69, 9.17) is 14.0 Å². The number of hydrogen-bond acceptors (Lipinski definition) is 6. The molecule has 1 N–H and O–H groups in total. The Kier molecular flexibility index (Phi) is 5.36. The van der Waals surface area contributed by atoms with Crippen molar-refractivity contribution >= 4 is 11.6 Å². The van der Waals surface area contributed by atoms with Crippen LogP contribution in [0.25, 0.3) is 0 Å². The van der Waals surface area contributed by atoms with Gasteiger partial charge >= 0.3 is 0 Å². The van der Waals surface area contributed by atoms with E-state index >= 15 is 0 Å². The number of nitrogens with zero attached hydrogens (tertiary/aromatic N) is 3. The van der Waals surface area contributed by atoms with E-state index in [-0.39, 0.29) is 12.7 Å². The van der Waals surface area contributed by atoms with E-state index < -0.39 is 0 Å². The highest BCUT2D eigenvalue weighted by molar-refractivity contribution is 6.04. The van der Waals surface area contributed by atoms with Crippen LogP contribution in [0.2, 0.25) is 0 Å². The molecule has 0 saturated carbocycles. The van der Waals surface area contributed by atoms with Crippen LogP contribution in [0.5, 0.6) is 11.5 Å². The standard InChI is InChI=1S/C24H28N4O4/c1-4-5-16-6-8-19-18(10-16)23(27-32-19)24(29)25-22-14(2)26-28(15(22)3)12-17-7-9-20-21(11-17)31-13-30-20/h7,9,11,16H,4-6,8,10,12-13H2,1-3H3,(H,25,29). The second kappa shape index (κ2) is 8.33. The zero-order valence-electron chi connectivity index (χ0n) is 18.7. The molecule has 1 aliphatic carbocycles. The van der Waals surface area contributed by atoms with Crippen molar-refractivity contribution in [3.05, 3.63) is 52.2 Å². The minimum atomic E-state index is -0.235. The SMILES string of the molecule is CCCC1CCc2onc(C(=O)Nc3c(C)nn(Cc4ccc5c(c4)OCO5)c3C)c2C1. The monoisotopic (exact) mass is 436 g/mol. The van der Waals surface area contributed by atoms with Crippen LogP contribution in [0.4, 0.5) is 5.69 Å². The molecule has 3 heterocycles. The van der Waals surface area contributed by atoms with Gasteiger partial charge in [0.05, 0.1) is 23.6 Å². The molecule has 32 heavy (non-hydrogen) atoms. The molecule has 0 saturated heterocycles. The first-order valence-corrected chi connectivity index (χ1v) is 11.2. The Morgan fingerprint density at radius 3 is 2.94 bits per heavy atom. The van der Waals surface area contributed by atoms with Crippen molar-refractivity contribution in [1.82, 2.24) is 14.9 Å². The maximum atomic E-state index is 13.1. The molecule has 1 aromatic carbocycles. The van der Waals surface area contributed by atoms with Gasteiger partial charge in [-0.2, -0.15) is 5.10 Å². The third kappa shape index (κ3) is 3.74. The summed E-state index contributed by atoms with van der Waals surface area (Å²) in [6, 6.07) is 5.87. The number of aryl methyl sites for hydroxylation is 2. The van der Waals surface area contributed by atoms with Crippen LogP contribution >= 0.6 is 0 Å². The molecule has 1 atom stereocenters. The van der Waals surface area contributed by atoms with Crippen molar-refractivity contribution in [3.63, 3.8) is 0 Å². The highest BCUT2D eigenvalue weighted by Crippen LogP contribution is 2.34. The molecular weight excluding hydrogens is 408 g/mol. The Hall–Kier alpha value is -3.29. The Labute approximate surface area is 186 Å². The molecular formula is C24H28N4O4. The summed E-state index contributed by atoms with van der Waals surface area (Å²) in [5.74, 6) is 2.71. The van der Waals surface area contributed by atoms with Crippen molar-refractivity contribution in [2.45, 2.75) is 59.4 Å². The number of rotatable bonds is 6. The first kappa shape index (κ1) is 20.6. The van der Waals surface area contributed by atoms with E-state index in [1.807, 2.05) is 36.7 Å². The van der Waals surface area contributed by atoms with Crippen molar-refractivity contribution < 1.29 is 18.8 Å². The number of ether oxygens (including phenoxy) is 2.